The Labute approximate surface area is 98.8 Å². The predicted molar refractivity (Wildman–Crippen MR) is 64.9 cm³/mol. The number of aromatic nitrogens is 3. The lowest BCUT2D eigenvalue weighted by Crippen LogP contribution is -2.15. The molecule has 1 N–H and O–H groups in total. The molecule has 86 valence electrons. The van der Waals surface area contributed by atoms with Gasteiger partial charge in [0.1, 0.15) is 5.69 Å². The number of hydrogen-bond acceptors (Lipinski definition) is 3. The van der Waals surface area contributed by atoms with Crippen LogP contribution in [0.5, 0.6) is 0 Å². The van der Waals surface area contributed by atoms with Gasteiger partial charge in [-0.15, -0.1) is 0 Å². The second kappa shape index (κ2) is 3.80. The monoisotopic (exact) mass is 227 g/mol. The summed E-state index contributed by atoms with van der Waals surface area (Å²) in [6.45, 7) is 1.97. The van der Waals surface area contributed by atoms with Gasteiger partial charge in [-0.05, 0) is 37.8 Å². The first kappa shape index (κ1) is 10.2. The van der Waals surface area contributed by atoms with Crippen LogP contribution in [-0.4, -0.2) is 15.0 Å². The van der Waals surface area contributed by atoms with E-state index in [4.69, 9.17) is 0 Å². The summed E-state index contributed by atoms with van der Waals surface area (Å²) in [6.07, 6.45) is 4.49. The van der Waals surface area contributed by atoms with E-state index >= 15 is 0 Å². The van der Waals surface area contributed by atoms with Crippen LogP contribution in [0, 0.1) is 6.92 Å². The van der Waals surface area contributed by atoms with E-state index in [0.717, 1.165) is 41.8 Å². The first-order valence-electron chi connectivity index (χ1n) is 5.80. The zero-order chi connectivity index (χ0) is 11.8. The Morgan fingerprint density at radius 1 is 1.35 bits per heavy atom. The van der Waals surface area contributed by atoms with Crippen molar-refractivity contribution in [2.75, 3.05) is 0 Å². The number of nitrogens with zero attached hydrogens (tertiary/aromatic N) is 2. The third-order valence-electron chi connectivity index (χ3n) is 3.18. The van der Waals surface area contributed by atoms with Crippen molar-refractivity contribution in [3.63, 3.8) is 0 Å². The number of H-pyrrole nitrogens is 1. The average Bonchev–Trinajstić information content (AvgIpc) is 2.78. The number of nitrogens with one attached hydrogen (secondary N) is 1. The van der Waals surface area contributed by atoms with Crippen molar-refractivity contribution >= 4 is 0 Å². The smallest absolute Gasteiger partial charge is 0.254 e. The van der Waals surface area contributed by atoms with Crippen molar-refractivity contribution in [1.82, 2.24) is 15.0 Å². The van der Waals surface area contributed by atoms with E-state index < -0.39 is 0 Å². The van der Waals surface area contributed by atoms with Crippen molar-refractivity contribution in [2.45, 2.75) is 26.2 Å². The Morgan fingerprint density at radius 3 is 3.06 bits per heavy atom. The van der Waals surface area contributed by atoms with Crippen molar-refractivity contribution in [3.8, 4) is 11.5 Å². The van der Waals surface area contributed by atoms with Gasteiger partial charge in [-0.2, -0.15) is 0 Å². The SMILES string of the molecule is Cc1cccnc1-c1nc2c(c(=O)[nH]1)CCC2. The fourth-order valence-corrected chi connectivity index (χ4v) is 2.29. The van der Waals surface area contributed by atoms with Crippen molar-refractivity contribution in [1.29, 1.82) is 0 Å². The lowest BCUT2D eigenvalue weighted by molar-refractivity contribution is 0.898. The standard InChI is InChI=1S/C13H13N3O/c1-8-4-3-7-14-11(8)12-15-10-6-2-5-9(10)13(17)16-12/h3-4,7H,2,5-6H2,1H3,(H,15,16,17). The summed E-state index contributed by atoms with van der Waals surface area (Å²) in [7, 11) is 0. The predicted octanol–water partition coefficient (Wildman–Crippen LogP) is 1.63. The third kappa shape index (κ3) is 1.65. The number of pyridine rings is 1. The molecule has 0 fully saturated rings. The molecule has 0 aliphatic heterocycles. The van der Waals surface area contributed by atoms with Crippen LogP contribution in [-0.2, 0) is 12.8 Å². The Balaban J connectivity index is 2.20. The molecular formula is C13H13N3O. The topological polar surface area (TPSA) is 58.6 Å². The highest BCUT2D eigenvalue weighted by atomic mass is 16.1. The quantitative estimate of drug-likeness (QED) is 0.805. The zero-order valence-electron chi connectivity index (χ0n) is 9.66. The second-order valence-electron chi connectivity index (χ2n) is 4.36. The summed E-state index contributed by atoms with van der Waals surface area (Å²) in [5.41, 5.74) is 3.57. The highest BCUT2D eigenvalue weighted by molar-refractivity contribution is 5.54. The normalized spacial score (nSPS) is 13.7. The van der Waals surface area contributed by atoms with Crippen LogP contribution in [0.3, 0.4) is 0 Å². The molecule has 0 saturated heterocycles. The summed E-state index contributed by atoms with van der Waals surface area (Å²) < 4.78 is 0. The van der Waals surface area contributed by atoms with Gasteiger partial charge in [0.05, 0.1) is 5.69 Å². The molecule has 4 heteroatoms. The van der Waals surface area contributed by atoms with Crippen LogP contribution < -0.4 is 5.56 Å². The number of rotatable bonds is 1. The molecule has 0 amide bonds. The van der Waals surface area contributed by atoms with E-state index in [-0.39, 0.29) is 5.56 Å². The molecular weight excluding hydrogens is 214 g/mol. The molecule has 0 unspecified atom stereocenters. The Hall–Kier alpha value is -1.97. The summed E-state index contributed by atoms with van der Waals surface area (Å²) in [5, 5.41) is 0. The van der Waals surface area contributed by atoms with Gasteiger partial charge in [0.15, 0.2) is 5.82 Å². The molecule has 4 nitrogen and oxygen atoms in total. The van der Waals surface area contributed by atoms with Crippen molar-refractivity contribution < 1.29 is 0 Å². The van der Waals surface area contributed by atoms with E-state index in [0.29, 0.717) is 5.82 Å². The van der Waals surface area contributed by atoms with Crippen LogP contribution >= 0.6 is 0 Å². The van der Waals surface area contributed by atoms with E-state index in [2.05, 4.69) is 15.0 Å². The molecule has 17 heavy (non-hydrogen) atoms. The van der Waals surface area contributed by atoms with Gasteiger partial charge in [0.25, 0.3) is 5.56 Å². The summed E-state index contributed by atoms with van der Waals surface area (Å²) >= 11 is 0. The summed E-state index contributed by atoms with van der Waals surface area (Å²) in [6, 6.07) is 3.85. The van der Waals surface area contributed by atoms with Crippen molar-refractivity contribution in [3.05, 3.63) is 45.5 Å². The minimum atomic E-state index is -0.00690. The van der Waals surface area contributed by atoms with Gasteiger partial charge in [0, 0.05) is 11.8 Å². The number of hydrogen-bond donors (Lipinski definition) is 1. The molecule has 1 aliphatic rings. The van der Waals surface area contributed by atoms with Gasteiger partial charge < -0.3 is 4.98 Å². The Kier molecular flexibility index (Phi) is 2.28. The van der Waals surface area contributed by atoms with Crippen LogP contribution in [0.4, 0.5) is 0 Å². The first-order valence-corrected chi connectivity index (χ1v) is 5.80. The highest BCUT2D eigenvalue weighted by Gasteiger charge is 2.18. The maximum Gasteiger partial charge on any atom is 0.254 e. The molecule has 2 aromatic heterocycles. The van der Waals surface area contributed by atoms with Gasteiger partial charge in [-0.25, -0.2) is 4.98 Å². The van der Waals surface area contributed by atoms with Crippen molar-refractivity contribution in [2.24, 2.45) is 0 Å². The Morgan fingerprint density at radius 2 is 2.24 bits per heavy atom. The molecule has 2 heterocycles. The van der Waals surface area contributed by atoms with Gasteiger partial charge in [-0.1, -0.05) is 6.07 Å². The molecule has 0 spiro atoms. The molecule has 3 rings (SSSR count). The van der Waals surface area contributed by atoms with Crippen LogP contribution in [0.15, 0.2) is 23.1 Å². The maximum atomic E-state index is 11.9. The summed E-state index contributed by atoms with van der Waals surface area (Å²) in [5.74, 6) is 0.591. The third-order valence-corrected chi connectivity index (χ3v) is 3.18. The number of aryl methyl sites for hydroxylation is 2. The van der Waals surface area contributed by atoms with Gasteiger partial charge in [-0.3, -0.25) is 9.78 Å². The first-order chi connectivity index (χ1) is 8.25. The highest BCUT2D eigenvalue weighted by Crippen LogP contribution is 2.20. The molecule has 0 radical (unpaired) electrons. The minimum Gasteiger partial charge on any atom is -0.305 e. The molecule has 0 aromatic carbocycles. The summed E-state index contributed by atoms with van der Waals surface area (Å²) in [4.78, 5) is 23.5. The maximum absolute atomic E-state index is 11.9. The fourth-order valence-electron chi connectivity index (χ4n) is 2.29. The van der Waals surface area contributed by atoms with Gasteiger partial charge in [0.2, 0.25) is 0 Å². The molecule has 1 aliphatic carbocycles. The van der Waals surface area contributed by atoms with Crippen LogP contribution in [0.1, 0.15) is 23.2 Å². The van der Waals surface area contributed by atoms with E-state index in [1.165, 1.54) is 0 Å². The molecule has 0 bridgehead atoms. The van der Waals surface area contributed by atoms with E-state index in [1.807, 2.05) is 19.1 Å². The fraction of sp³-hybridized carbons (Fsp3) is 0.308. The zero-order valence-corrected chi connectivity index (χ0v) is 9.66. The Bertz CT molecular complexity index is 631. The number of aromatic amines is 1. The minimum absolute atomic E-state index is 0.00690. The van der Waals surface area contributed by atoms with Crippen LogP contribution in [0.25, 0.3) is 11.5 Å². The van der Waals surface area contributed by atoms with E-state index in [1.54, 1.807) is 6.20 Å². The lowest BCUT2D eigenvalue weighted by atomic mass is 10.2. The lowest BCUT2D eigenvalue weighted by Gasteiger charge is -2.05. The molecule has 2 aromatic rings. The number of fused-ring (bicyclic) bond motifs is 1. The van der Waals surface area contributed by atoms with Crippen LogP contribution in [0.2, 0.25) is 0 Å². The van der Waals surface area contributed by atoms with E-state index in [9.17, 15) is 4.79 Å². The molecule has 0 atom stereocenters. The van der Waals surface area contributed by atoms with Gasteiger partial charge >= 0.3 is 0 Å². The average molecular weight is 227 g/mol. The second-order valence-corrected chi connectivity index (χ2v) is 4.36. The molecule has 0 saturated carbocycles. The largest absolute Gasteiger partial charge is 0.305 e.